The van der Waals surface area contributed by atoms with Gasteiger partial charge in [0.1, 0.15) is 6.61 Å². The third kappa shape index (κ3) is 5.19. The van der Waals surface area contributed by atoms with Gasteiger partial charge in [0.25, 0.3) is 5.91 Å². The maximum absolute atomic E-state index is 13.3. The van der Waals surface area contributed by atoms with E-state index in [2.05, 4.69) is 0 Å². The van der Waals surface area contributed by atoms with E-state index in [9.17, 15) is 27.6 Å². The minimum absolute atomic E-state index is 0.221. The molecule has 0 saturated heterocycles. The van der Waals surface area contributed by atoms with Gasteiger partial charge in [0.15, 0.2) is 0 Å². The van der Waals surface area contributed by atoms with E-state index in [1.54, 1.807) is 5.32 Å². The molecule has 0 radical (unpaired) electrons. The van der Waals surface area contributed by atoms with Gasteiger partial charge in [-0.1, -0.05) is 48.5 Å². The van der Waals surface area contributed by atoms with Crippen molar-refractivity contribution in [2.24, 2.45) is 0 Å². The van der Waals surface area contributed by atoms with Crippen molar-refractivity contribution >= 4 is 18.0 Å². The van der Waals surface area contributed by atoms with Crippen LogP contribution in [0.4, 0.5) is 18.0 Å². The molecule has 1 aliphatic carbocycles. The summed E-state index contributed by atoms with van der Waals surface area (Å²) >= 11 is 0. The largest absolute Gasteiger partial charge is 0.481 e. The molecule has 3 rings (SSSR count). The van der Waals surface area contributed by atoms with Crippen LogP contribution in [0.5, 0.6) is 0 Å². The molecule has 1 unspecified atom stereocenters. The third-order valence-corrected chi connectivity index (χ3v) is 5.06. The molecule has 32 heavy (non-hydrogen) atoms. The number of benzene rings is 2. The number of carboxylic acids is 1. The Kier molecular flexibility index (Phi) is 6.71. The number of alkyl halides is 3. The molecule has 7 nitrogen and oxygen atoms in total. The molecule has 0 spiro atoms. The molecule has 0 heterocycles. The number of hydrogen-bond acceptors (Lipinski definition) is 4. The second-order valence-corrected chi connectivity index (χ2v) is 7.45. The van der Waals surface area contributed by atoms with Crippen LogP contribution < -0.4 is 10.6 Å². The zero-order valence-corrected chi connectivity index (χ0v) is 17.0. The molecule has 10 heteroatoms. The van der Waals surface area contributed by atoms with Crippen molar-refractivity contribution in [3.63, 3.8) is 0 Å². The van der Waals surface area contributed by atoms with Gasteiger partial charge in [0, 0.05) is 12.0 Å². The summed E-state index contributed by atoms with van der Waals surface area (Å²) in [7, 11) is 0. The van der Waals surface area contributed by atoms with Crippen LogP contribution in [0.25, 0.3) is 11.1 Å². The summed E-state index contributed by atoms with van der Waals surface area (Å²) in [4.78, 5) is 34.8. The lowest BCUT2D eigenvalue weighted by molar-refractivity contribution is -0.168. The number of rotatable bonds is 7. The number of aliphatic carboxylic acids is 1. The van der Waals surface area contributed by atoms with Crippen LogP contribution in [0, 0.1) is 0 Å². The van der Waals surface area contributed by atoms with Crippen molar-refractivity contribution in [2.45, 2.75) is 37.5 Å². The van der Waals surface area contributed by atoms with Gasteiger partial charge in [-0.05, 0) is 29.2 Å². The van der Waals surface area contributed by atoms with Crippen molar-refractivity contribution in [1.29, 1.82) is 0 Å². The number of carboxylic acid groups (broad SMARTS) is 1. The van der Waals surface area contributed by atoms with Gasteiger partial charge < -0.3 is 20.5 Å². The Labute approximate surface area is 181 Å². The Bertz CT molecular complexity index is 979. The summed E-state index contributed by atoms with van der Waals surface area (Å²) in [6.45, 7) is 1.02. The maximum atomic E-state index is 13.3. The second kappa shape index (κ2) is 9.29. The molecule has 2 aromatic rings. The third-order valence-electron chi connectivity index (χ3n) is 5.06. The van der Waals surface area contributed by atoms with Crippen molar-refractivity contribution in [1.82, 2.24) is 10.6 Å². The number of carbonyl (C=O) groups excluding carboxylic acids is 2. The monoisotopic (exact) mass is 450 g/mol. The highest BCUT2D eigenvalue weighted by Crippen LogP contribution is 2.44. The average Bonchev–Trinajstić information content (AvgIpc) is 3.02. The number of ether oxygens (including phenoxy) is 1. The number of nitrogens with one attached hydrogen (secondary N) is 2. The highest BCUT2D eigenvalue weighted by Gasteiger charge is 2.47. The van der Waals surface area contributed by atoms with Gasteiger partial charge in [0.2, 0.25) is 6.04 Å². The van der Waals surface area contributed by atoms with Crippen molar-refractivity contribution in [3.05, 3.63) is 59.7 Å². The normalized spacial score (nSPS) is 14.6. The first kappa shape index (κ1) is 23.1. The van der Waals surface area contributed by atoms with Crippen molar-refractivity contribution < 1.29 is 37.4 Å². The van der Waals surface area contributed by atoms with Crippen molar-refractivity contribution in [3.8, 4) is 11.1 Å². The van der Waals surface area contributed by atoms with Gasteiger partial charge >= 0.3 is 18.2 Å². The first-order chi connectivity index (χ1) is 15.1. The van der Waals surface area contributed by atoms with E-state index in [1.807, 2.05) is 53.8 Å². The van der Waals surface area contributed by atoms with E-state index < -0.39 is 42.7 Å². The molecule has 170 valence electrons. The molecular weight excluding hydrogens is 429 g/mol. The summed E-state index contributed by atoms with van der Waals surface area (Å²) in [5.41, 5.74) is 3.68. The van der Waals surface area contributed by atoms with Crippen LogP contribution in [0.3, 0.4) is 0 Å². The lowest BCUT2D eigenvalue weighted by Crippen LogP contribution is -2.56. The Hall–Kier alpha value is -3.56. The highest BCUT2D eigenvalue weighted by atomic mass is 19.4. The SMILES string of the molecule is C[C@H](CC(=O)O)NC(=O)C(NC(=O)OCC1c2ccccc2-c2ccccc21)C(F)(F)F. The molecule has 0 aromatic heterocycles. The second-order valence-electron chi connectivity index (χ2n) is 7.45. The summed E-state index contributed by atoms with van der Waals surface area (Å²) in [6.07, 6.45) is -7.07. The zero-order chi connectivity index (χ0) is 23.5. The molecule has 1 aliphatic rings. The van der Waals surface area contributed by atoms with Crippen LogP contribution in [0.1, 0.15) is 30.4 Å². The fraction of sp³-hybridized carbons (Fsp3) is 0.318. The number of fused-ring (bicyclic) bond motifs is 3. The summed E-state index contributed by atoms with van der Waals surface area (Å²) in [5.74, 6) is -3.22. The van der Waals surface area contributed by atoms with E-state index in [4.69, 9.17) is 9.84 Å². The Balaban J connectivity index is 1.67. The fourth-order valence-electron chi connectivity index (χ4n) is 3.69. The molecular formula is C22H21F3N2O5. The molecule has 0 bridgehead atoms. The van der Waals surface area contributed by atoms with Crippen LogP contribution in [0.2, 0.25) is 0 Å². The Morgan fingerprint density at radius 1 is 1.00 bits per heavy atom. The van der Waals surface area contributed by atoms with Crippen molar-refractivity contribution in [2.75, 3.05) is 6.61 Å². The lowest BCUT2D eigenvalue weighted by atomic mass is 9.98. The summed E-state index contributed by atoms with van der Waals surface area (Å²) < 4.78 is 45.1. The van der Waals surface area contributed by atoms with E-state index in [0.717, 1.165) is 22.3 Å². The first-order valence-electron chi connectivity index (χ1n) is 9.78. The van der Waals surface area contributed by atoms with E-state index >= 15 is 0 Å². The standard InChI is InChI=1S/C22H21F3N2O5/c1-12(10-18(28)29)26-20(30)19(22(23,24)25)27-21(31)32-11-17-15-8-4-2-6-13(15)14-7-3-5-9-16(14)17/h2-9,12,17,19H,10-11H2,1H3,(H,26,30)(H,27,31)(H,28,29)/t12-,19?/m1/s1. The van der Waals surface area contributed by atoms with E-state index in [1.165, 1.54) is 6.92 Å². The number of halogens is 3. The molecule has 2 amide bonds. The van der Waals surface area contributed by atoms with Crippen LogP contribution >= 0.6 is 0 Å². The Morgan fingerprint density at radius 3 is 2.03 bits per heavy atom. The quantitative estimate of drug-likeness (QED) is 0.600. The van der Waals surface area contributed by atoms with Gasteiger partial charge in [-0.3, -0.25) is 9.59 Å². The fourth-order valence-corrected chi connectivity index (χ4v) is 3.69. The minimum atomic E-state index is -5.10. The maximum Gasteiger partial charge on any atom is 0.417 e. The topological polar surface area (TPSA) is 105 Å². The van der Waals surface area contributed by atoms with E-state index in [-0.39, 0.29) is 12.5 Å². The van der Waals surface area contributed by atoms with E-state index in [0.29, 0.717) is 0 Å². The summed E-state index contributed by atoms with van der Waals surface area (Å²) in [6, 6.07) is 11.0. The van der Waals surface area contributed by atoms with Crippen LogP contribution in [-0.4, -0.2) is 47.9 Å². The zero-order valence-electron chi connectivity index (χ0n) is 17.0. The predicted molar refractivity (Wildman–Crippen MR) is 108 cm³/mol. The number of hydrogen-bond donors (Lipinski definition) is 3. The Morgan fingerprint density at radius 2 is 1.53 bits per heavy atom. The van der Waals surface area contributed by atoms with Gasteiger partial charge in [-0.15, -0.1) is 0 Å². The van der Waals surface area contributed by atoms with Gasteiger partial charge in [0.05, 0.1) is 6.42 Å². The molecule has 2 aromatic carbocycles. The van der Waals surface area contributed by atoms with Gasteiger partial charge in [-0.2, -0.15) is 13.2 Å². The lowest BCUT2D eigenvalue weighted by Gasteiger charge is -2.23. The predicted octanol–water partition coefficient (Wildman–Crippen LogP) is 3.44. The van der Waals surface area contributed by atoms with Crippen LogP contribution in [-0.2, 0) is 14.3 Å². The average molecular weight is 450 g/mol. The molecule has 0 fully saturated rings. The molecule has 0 saturated carbocycles. The van der Waals surface area contributed by atoms with Gasteiger partial charge in [-0.25, -0.2) is 4.79 Å². The highest BCUT2D eigenvalue weighted by molar-refractivity contribution is 5.87. The smallest absolute Gasteiger partial charge is 0.417 e. The first-order valence-corrected chi connectivity index (χ1v) is 9.78. The molecule has 2 atom stereocenters. The number of alkyl carbamates (subject to hydrolysis) is 1. The molecule has 0 aliphatic heterocycles. The van der Waals surface area contributed by atoms with Crippen LogP contribution in [0.15, 0.2) is 48.5 Å². The minimum Gasteiger partial charge on any atom is -0.481 e. The molecule has 3 N–H and O–H groups in total. The summed E-state index contributed by atoms with van der Waals surface area (Å²) in [5, 5.41) is 12.2. The number of carbonyl (C=O) groups is 3. The number of amides is 2.